The Labute approximate surface area is 182 Å². The number of hydrogen-bond donors (Lipinski definition) is 2. The topological polar surface area (TPSA) is 96.8 Å². The van der Waals surface area contributed by atoms with Gasteiger partial charge in [-0.2, -0.15) is 23.6 Å². The molecule has 4 rings (SSSR count). The van der Waals surface area contributed by atoms with E-state index in [1.54, 1.807) is 6.07 Å². The molecule has 164 valence electrons. The second-order valence-electron chi connectivity index (χ2n) is 7.12. The molecular weight excluding hydrogens is 421 g/mol. The van der Waals surface area contributed by atoms with E-state index in [1.165, 1.54) is 18.3 Å². The fourth-order valence-electron chi connectivity index (χ4n) is 3.45. The molecule has 0 bridgehead atoms. The zero-order valence-corrected chi connectivity index (χ0v) is 16.8. The summed E-state index contributed by atoms with van der Waals surface area (Å²) in [5.41, 5.74) is 2.00. The number of allylic oxidation sites excluding steroid dienone is 1. The summed E-state index contributed by atoms with van der Waals surface area (Å²) in [4.78, 5) is 4.15. The first-order valence-electron chi connectivity index (χ1n) is 9.82. The predicted octanol–water partition coefficient (Wildman–Crippen LogP) is 3.52. The third-order valence-electron chi connectivity index (χ3n) is 5.14. The summed E-state index contributed by atoms with van der Waals surface area (Å²) in [6, 6.07) is 15.1. The Bertz CT molecular complexity index is 1110. The number of benzene rings is 2. The number of rotatable bonds is 5. The number of nitrogens with one attached hydrogen (secondary N) is 2. The molecule has 1 aliphatic heterocycles. The molecule has 1 fully saturated rings. The van der Waals surface area contributed by atoms with Crippen LogP contribution in [0.25, 0.3) is 5.57 Å². The van der Waals surface area contributed by atoms with E-state index >= 15 is 0 Å². The zero-order valence-electron chi connectivity index (χ0n) is 16.8. The minimum absolute atomic E-state index is 0.204. The molecule has 32 heavy (non-hydrogen) atoms. The van der Waals surface area contributed by atoms with Crippen molar-refractivity contribution in [3.8, 4) is 6.07 Å². The molecule has 0 aliphatic carbocycles. The maximum atomic E-state index is 13.0. The quantitative estimate of drug-likeness (QED) is 0.586. The number of hydrogen-bond acceptors (Lipinski definition) is 7. The first kappa shape index (κ1) is 21.2. The highest BCUT2D eigenvalue weighted by atomic mass is 19.4. The van der Waals surface area contributed by atoms with Crippen LogP contribution >= 0.6 is 0 Å². The Kier molecular flexibility index (Phi) is 5.93. The van der Waals surface area contributed by atoms with Gasteiger partial charge in [0.05, 0.1) is 5.56 Å². The van der Waals surface area contributed by atoms with E-state index in [4.69, 9.17) is 0 Å². The van der Waals surface area contributed by atoms with Gasteiger partial charge in [-0.05, 0) is 47.7 Å². The number of nitriles is 1. The highest BCUT2D eigenvalue weighted by Crippen LogP contribution is 2.32. The van der Waals surface area contributed by atoms with Crippen molar-refractivity contribution in [3.05, 3.63) is 66.1 Å². The van der Waals surface area contributed by atoms with Crippen molar-refractivity contribution in [2.45, 2.75) is 6.18 Å². The summed E-state index contributed by atoms with van der Waals surface area (Å²) in [6.07, 6.45) is -2.84. The van der Waals surface area contributed by atoms with E-state index in [0.29, 0.717) is 31.9 Å². The summed E-state index contributed by atoms with van der Waals surface area (Å²) in [5, 5.41) is 25.5. The number of H-pyrrole nitrogens is 1. The highest BCUT2D eigenvalue weighted by Gasteiger charge is 2.31. The normalized spacial score (nSPS) is 14.9. The molecule has 0 radical (unpaired) electrons. The maximum absolute atomic E-state index is 13.0. The molecule has 2 heterocycles. The molecule has 3 aromatic rings. The number of anilines is 3. The second kappa shape index (κ2) is 8.97. The van der Waals surface area contributed by atoms with Gasteiger partial charge < -0.3 is 15.1 Å². The van der Waals surface area contributed by atoms with Gasteiger partial charge in [-0.3, -0.25) is 0 Å². The third-order valence-corrected chi connectivity index (χ3v) is 5.14. The summed E-state index contributed by atoms with van der Waals surface area (Å²) >= 11 is 0. The number of halogens is 3. The maximum Gasteiger partial charge on any atom is 0.416 e. The van der Waals surface area contributed by atoms with Gasteiger partial charge in [0.2, 0.25) is 5.82 Å². The molecule has 1 aromatic heterocycles. The van der Waals surface area contributed by atoms with Gasteiger partial charge in [-0.25, -0.2) is 0 Å². The van der Waals surface area contributed by atoms with Crippen LogP contribution in [0.1, 0.15) is 11.4 Å². The van der Waals surface area contributed by atoms with Crippen LogP contribution in [0.15, 0.2) is 54.7 Å². The van der Waals surface area contributed by atoms with Gasteiger partial charge >= 0.3 is 6.18 Å². The van der Waals surface area contributed by atoms with Gasteiger partial charge in [0.1, 0.15) is 11.6 Å². The Hall–Kier alpha value is -4.07. The van der Waals surface area contributed by atoms with Gasteiger partial charge in [-0.1, -0.05) is 6.07 Å². The lowest BCUT2D eigenvalue weighted by Crippen LogP contribution is -2.46. The number of aromatic nitrogens is 4. The molecule has 8 nitrogen and oxygen atoms in total. The SMILES string of the molecule is N#CC(=CNc1ccc(N2CCN(c3cccc(C(F)(F)F)c3)CC2)cc1)c1nn[nH]n1. The molecule has 0 unspecified atom stereocenters. The van der Waals surface area contributed by atoms with Crippen LogP contribution in [0.5, 0.6) is 0 Å². The van der Waals surface area contributed by atoms with E-state index in [2.05, 4.69) is 30.8 Å². The number of alkyl halides is 3. The Balaban J connectivity index is 1.36. The van der Waals surface area contributed by atoms with Crippen LogP contribution in [0.2, 0.25) is 0 Å². The number of nitrogens with zero attached hydrogens (tertiary/aromatic N) is 6. The summed E-state index contributed by atoms with van der Waals surface area (Å²) < 4.78 is 38.9. The summed E-state index contributed by atoms with van der Waals surface area (Å²) in [7, 11) is 0. The predicted molar refractivity (Wildman–Crippen MR) is 114 cm³/mol. The average molecular weight is 440 g/mol. The van der Waals surface area contributed by atoms with Gasteiger partial charge in [0.25, 0.3) is 0 Å². The summed E-state index contributed by atoms with van der Waals surface area (Å²) in [6.45, 7) is 2.64. The standard InChI is InChI=1S/C21H19F3N8/c22-21(23,24)16-2-1-3-19(12-16)32-10-8-31(9-11-32)18-6-4-17(5-7-18)26-14-15(13-25)20-27-29-30-28-20/h1-7,12,14,26H,8-11H2,(H,27,28,29,30). The number of piperazine rings is 1. The van der Waals surface area contributed by atoms with Crippen LogP contribution in [0, 0.1) is 11.3 Å². The first-order chi connectivity index (χ1) is 15.4. The van der Waals surface area contributed by atoms with Crippen molar-refractivity contribution in [2.24, 2.45) is 0 Å². The van der Waals surface area contributed by atoms with Gasteiger partial charge in [0, 0.05) is 49.4 Å². The fourth-order valence-corrected chi connectivity index (χ4v) is 3.45. The van der Waals surface area contributed by atoms with Crippen LogP contribution in [-0.2, 0) is 6.18 Å². The molecule has 1 aliphatic rings. The van der Waals surface area contributed by atoms with E-state index in [0.717, 1.165) is 17.4 Å². The average Bonchev–Trinajstić information content (AvgIpc) is 3.34. The largest absolute Gasteiger partial charge is 0.416 e. The lowest BCUT2D eigenvalue weighted by molar-refractivity contribution is -0.137. The van der Waals surface area contributed by atoms with Gasteiger partial charge in [-0.15, -0.1) is 10.2 Å². The second-order valence-corrected chi connectivity index (χ2v) is 7.12. The molecule has 0 amide bonds. The third kappa shape index (κ3) is 4.80. The first-order valence-corrected chi connectivity index (χ1v) is 9.82. The van der Waals surface area contributed by atoms with Crippen molar-refractivity contribution in [1.82, 2.24) is 20.6 Å². The summed E-state index contributed by atoms with van der Waals surface area (Å²) in [5.74, 6) is 0.204. The minimum Gasteiger partial charge on any atom is -0.368 e. The van der Waals surface area contributed by atoms with Crippen molar-refractivity contribution >= 4 is 22.6 Å². The minimum atomic E-state index is -4.34. The fraction of sp³-hybridized carbons (Fsp3) is 0.238. The van der Waals surface area contributed by atoms with E-state index in [-0.39, 0.29) is 11.4 Å². The lowest BCUT2D eigenvalue weighted by atomic mass is 10.1. The van der Waals surface area contributed by atoms with Crippen LogP contribution in [0.3, 0.4) is 0 Å². The monoisotopic (exact) mass is 440 g/mol. The van der Waals surface area contributed by atoms with Crippen molar-refractivity contribution in [2.75, 3.05) is 41.3 Å². The molecule has 1 saturated heterocycles. The Morgan fingerprint density at radius 1 is 1.03 bits per heavy atom. The smallest absolute Gasteiger partial charge is 0.368 e. The molecule has 2 aromatic carbocycles. The lowest BCUT2D eigenvalue weighted by Gasteiger charge is -2.37. The van der Waals surface area contributed by atoms with Gasteiger partial charge in [0.15, 0.2) is 0 Å². The molecule has 0 spiro atoms. The Morgan fingerprint density at radius 3 is 2.31 bits per heavy atom. The van der Waals surface area contributed by atoms with Crippen LogP contribution < -0.4 is 15.1 Å². The van der Waals surface area contributed by atoms with Crippen LogP contribution in [0.4, 0.5) is 30.2 Å². The van der Waals surface area contributed by atoms with E-state index in [1.807, 2.05) is 35.2 Å². The Morgan fingerprint density at radius 2 is 1.72 bits per heavy atom. The molecule has 2 N–H and O–H groups in total. The molecule has 0 atom stereocenters. The molecular formula is C21H19F3N8. The van der Waals surface area contributed by atoms with E-state index < -0.39 is 11.7 Å². The number of tetrazole rings is 1. The van der Waals surface area contributed by atoms with Crippen molar-refractivity contribution in [3.63, 3.8) is 0 Å². The highest BCUT2D eigenvalue weighted by molar-refractivity contribution is 5.74. The molecule has 0 saturated carbocycles. The van der Waals surface area contributed by atoms with E-state index in [9.17, 15) is 18.4 Å². The van der Waals surface area contributed by atoms with Crippen molar-refractivity contribution < 1.29 is 13.2 Å². The number of aromatic amines is 1. The van der Waals surface area contributed by atoms with Crippen LogP contribution in [-0.4, -0.2) is 46.8 Å². The molecule has 11 heteroatoms. The van der Waals surface area contributed by atoms with Crippen molar-refractivity contribution in [1.29, 1.82) is 5.26 Å². The zero-order chi connectivity index (χ0) is 22.6.